The molecule has 18 heteroatoms. The number of fused-ring (bicyclic) bond motifs is 8. The Bertz CT molecular complexity index is 2180. The van der Waals surface area contributed by atoms with Crippen LogP contribution in [-0.2, 0) is 51.9 Å². The average molecular weight is 1010 g/mol. The maximum atomic E-state index is 15.6. The molecule has 3 aliphatic carbocycles. The standard InChI is InChI=1S/C53H80N2O15Si/c1-13-71(14-2,15-3)70-40(42(50(11)28-62-29-50)54-47(60)69-48(6,7)8)46(59)64-35-25-53(61)44(67-45(58)33-19-17-16-18-20-33)41-51(12,23-21-36-52(41,30-63-36)68-32(5)57)43-39(38(31(35)4)49(53,9)10)65-37(66-43)26-55-24-22-34(55)27-56/h16-20,34-37,39-44,56,61H,13-15,21-30H2,1-12H3,(H,54,60)/t34-,35-,36+,37+,39+,40+,41-,42+,43+,44-,51+,52-,53+/m0/s1. The van der Waals surface area contributed by atoms with Crippen molar-refractivity contribution < 1.29 is 71.7 Å². The van der Waals surface area contributed by atoms with E-state index in [-0.39, 0.29) is 44.5 Å². The number of rotatable bonds is 16. The highest BCUT2D eigenvalue weighted by Gasteiger charge is 2.77. The number of alkyl carbamates (subject to hydrolysis) is 1. The number of hydrogen-bond donors (Lipinski definition) is 3. The summed E-state index contributed by atoms with van der Waals surface area (Å²) in [6.45, 7) is 24.0. The molecule has 0 radical (unpaired) electrons. The SMILES string of the molecule is CC[Si](CC)(CC)O[C@@H](C(=O)O[C@H]1C[C@@]2(O)[C@@H](OC(=O)c3ccccc3)[C@H]3[C@@](C)(CC[C@H]4OC[C@]43OC(C)=O)[C@@H]3O[C@H](CN4CC[C@H]4CO)O[C@@H]3C(=C1C)C2(C)C)[C@@H](NC(=O)OC(C)(C)C)C1(C)COC1. The molecule has 6 fully saturated rings. The van der Waals surface area contributed by atoms with Gasteiger partial charge in [0.2, 0.25) is 0 Å². The smallest absolute Gasteiger partial charge is 0.407 e. The van der Waals surface area contributed by atoms with E-state index in [4.69, 9.17) is 42.3 Å². The number of hydrogen-bond acceptors (Lipinski definition) is 16. The number of carbonyl (C=O) groups excluding carboxylic acids is 4. The van der Waals surface area contributed by atoms with Gasteiger partial charge >= 0.3 is 24.0 Å². The van der Waals surface area contributed by atoms with Gasteiger partial charge in [0.25, 0.3) is 0 Å². The molecule has 1 amide bonds. The maximum Gasteiger partial charge on any atom is 0.407 e. The van der Waals surface area contributed by atoms with E-state index in [2.05, 4.69) is 31.0 Å². The molecule has 2 bridgehead atoms. The van der Waals surface area contributed by atoms with Gasteiger partial charge in [-0.05, 0) is 88.4 Å². The Balaban J connectivity index is 1.30. The Morgan fingerprint density at radius 2 is 1.63 bits per heavy atom. The van der Waals surface area contributed by atoms with Gasteiger partial charge in [0, 0.05) is 48.7 Å². The number of esters is 3. The molecule has 3 N–H and O–H groups in total. The monoisotopic (exact) mass is 1010 g/mol. The molecule has 0 unspecified atom stereocenters. The minimum atomic E-state index is -2.66. The van der Waals surface area contributed by atoms with E-state index < -0.39 is 120 Å². The molecule has 17 nitrogen and oxygen atoms in total. The fourth-order valence-corrected chi connectivity index (χ4v) is 16.1. The lowest BCUT2D eigenvalue weighted by molar-refractivity contribution is -0.345. The van der Waals surface area contributed by atoms with E-state index >= 15 is 4.79 Å². The molecule has 4 aliphatic heterocycles. The molecule has 7 aliphatic rings. The average Bonchev–Trinajstić information content (AvgIpc) is 3.70. The molecule has 0 aromatic heterocycles. The van der Waals surface area contributed by atoms with E-state index in [0.717, 1.165) is 13.0 Å². The summed E-state index contributed by atoms with van der Waals surface area (Å²) in [7, 11) is -2.66. The van der Waals surface area contributed by atoms with Crippen LogP contribution in [0.1, 0.15) is 119 Å². The molecule has 0 spiro atoms. The molecule has 13 atom stereocenters. The first-order valence-electron chi connectivity index (χ1n) is 26.0. The number of amides is 1. The number of likely N-dealkylation sites (tertiary alicyclic amines) is 1. The number of aliphatic hydroxyl groups is 2. The summed E-state index contributed by atoms with van der Waals surface area (Å²) in [5.41, 5.74) is -5.77. The summed E-state index contributed by atoms with van der Waals surface area (Å²) in [4.78, 5) is 59.6. The highest BCUT2D eigenvalue weighted by atomic mass is 28.4. The molecule has 4 heterocycles. The first-order valence-corrected chi connectivity index (χ1v) is 28.5. The zero-order chi connectivity index (χ0) is 51.7. The van der Waals surface area contributed by atoms with E-state index in [1.54, 1.807) is 51.1 Å². The second kappa shape index (κ2) is 19.7. The third kappa shape index (κ3) is 9.42. The number of nitrogens with zero attached hydrogens (tertiary/aromatic N) is 1. The van der Waals surface area contributed by atoms with Crippen LogP contribution in [0.3, 0.4) is 0 Å². The van der Waals surface area contributed by atoms with Crippen LogP contribution in [0.5, 0.6) is 0 Å². The van der Waals surface area contributed by atoms with Crippen molar-refractivity contribution in [3.8, 4) is 0 Å². The van der Waals surface area contributed by atoms with E-state index in [9.17, 15) is 24.6 Å². The van der Waals surface area contributed by atoms with Crippen molar-refractivity contribution in [3.63, 3.8) is 0 Å². The van der Waals surface area contributed by atoms with Gasteiger partial charge in [-0.15, -0.1) is 0 Å². The van der Waals surface area contributed by atoms with Crippen LogP contribution in [0.25, 0.3) is 0 Å². The quantitative estimate of drug-likeness (QED) is 0.0726. The van der Waals surface area contributed by atoms with Gasteiger partial charge < -0.3 is 57.9 Å². The zero-order valence-electron chi connectivity index (χ0n) is 44.0. The van der Waals surface area contributed by atoms with Crippen molar-refractivity contribution >= 4 is 32.3 Å². The van der Waals surface area contributed by atoms with Crippen LogP contribution in [0.2, 0.25) is 18.1 Å². The van der Waals surface area contributed by atoms with Crippen molar-refractivity contribution in [3.05, 3.63) is 47.0 Å². The van der Waals surface area contributed by atoms with E-state index in [1.165, 1.54) is 6.92 Å². The van der Waals surface area contributed by atoms with Crippen molar-refractivity contribution in [1.29, 1.82) is 0 Å². The zero-order valence-corrected chi connectivity index (χ0v) is 45.0. The number of ether oxygens (including phenoxy) is 8. The summed E-state index contributed by atoms with van der Waals surface area (Å²) in [5.74, 6) is -2.94. The Labute approximate surface area is 420 Å². The fourth-order valence-electron chi connectivity index (χ4n) is 13.3. The topological polar surface area (TPSA) is 207 Å². The second-order valence-electron chi connectivity index (χ2n) is 23.6. The highest BCUT2D eigenvalue weighted by Crippen LogP contribution is 2.67. The lowest BCUT2D eigenvalue weighted by Gasteiger charge is -2.68. The molecular weight excluding hydrogens is 933 g/mol. The molecule has 2 saturated carbocycles. The molecule has 4 saturated heterocycles. The summed E-state index contributed by atoms with van der Waals surface area (Å²) < 4.78 is 59.3. The Kier molecular flexibility index (Phi) is 14.9. The second-order valence-corrected chi connectivity index (χ2v) is 28.3. The fraction of sp³-hybridized carbons (Fsp3) is 0.774. The minimum Gasteiger partial charge on any atom is -0.456 e. The maximum absolute atomic E-state index is 15.6. The van der Waals surface area contributed by atoms with Gasteiger partial charge in [-0.1, -0.05) is 66.7 Å². The predicted molar refractivity (Wildman–Crippen MR) is 261 cm³/mol. The van der Waals surface area contributed by atoms with Gasteiger partial charge in [0.15, 0.2) is 26.3 Å². The molecule has 1 aromatic carbocycles. The largest absolute Gasteiger partial charge is 0.456 e. The van der Waals surface area contributed by atoms with Crippen molar-refractivity contribution in [2.45, 2.75) is 199 Å². The highest BCUT2D eigenvalue weighted by molar-refractivity contribution is 6.73. The van der Waals surface area contributed by atoms with Crippen LogP contribution >= 0.6 is 0 Å². The van der Waals surface area contributed by atoms with Crippen LogP contribution in [-0.4, -0.2) is 159 Å². The lowest BCUT2D eigenvalue weighted by Crippen LogP contribution is -2.79. The summed E-state index contributed by atoms with van der Waals surface area (Å²) in [6.07, 6.45) is -6.03. The van der Waals surface area contributed by atoms with Crippen LogP contribution < -0.4 is 5.32 Å². The minimum absolute atomic E-state index is 0.0130. The van der Waals surface area contributed by atoms with Crippen molar-refractivity contribution in [2.75, 3.05) is 39.5 Å². The lowest BCUT2D eigenvalue weighted by atomic mass is 9.45. The third-order valence-electron chi connectivity index (χ3n) is 17.8. The van der Waals surface area contributed by atoms with Gasteiger partial charge in [0.05, 0.1) is 50.1 Å². The summed E-state index contributed by atoms with van der Waals surface area (Å²) in [6, 6.07) is 9.62. The molecular formula is C53H80N2O15Si. The summed E-state index contributed by atoms with van der Waals surface area (Å²) >= 11 is 0. The molecule has 8 rings (SSSR count). The third-order valence-corrected chi connectivity index (χ3v) is 22.4. The Morgan fingerprint density at radius 3 is 2.17 bits per heavy atom. The van der Waals surface area contributed by atoms with Crippen molar-refractivity contribution in [2.24, 2.45) is 22.2 Å². The number of aliphatic hydroxyl groups excluding tert-OH is 1. The molecule has 396 valence electrons. The Morgan fingerprint density at radius 1 is 0.958 bits per heavy atom. The molecule has 71 heavy (non-hydrogen) atoms. The van der Waals surface area contributed by atoms with Crippen LogP contribution in [0.4, 0.5) is 4.79 Å². The van der Waals surface area contributed by atoms with E-state index in [0.29, 0.717) is 48.7 Å². The van der Waals surface area contributed by atoms with E-state index in [1.807, 2.05) is 34.6 Å². The number of carbonyl (C=O) groups is 4. The normalized spacial score (nSPS) is 35.8. The van der Waals surface area contributed by atoms with Crippen LogP contribution in [0, 0.1) is 22.2 Å². The first kappa shape index (κ1) is 53.8. The van der Waals surface area contributed by atoms with Crippen LogP contribution in [0.15, 0.2) is 41.5 Å². The summed E-state index contributed by atoms with van der Waals surface area (Å²) in [5, 5.41) is 27.5. The predicted octanol–water partition coefficient (Wildman–Crippen LogP) is 6.23. The number of benzene rings is 1. The van der Waals surface area contributed by atoms with Gasteiger partial charge in [-0.2, -0.15) is 0 Å². The Hall–Kier alpha value is -3.46. The molecule has 1 aromatic rings. The van der Waals surface area contributed by atoms with Gasteiger partial charge in [0.1, 0.15) is 35.6 Å². The van der Waals surface area contributed by atoms with Gasteiger partial charge in [-0.25, -0.2) is 14.4 Å². The number of nitrogens with one attached hydrogen (secondary N) is 1. The van der Waals surface area contributed by atoms with Crippen molar-refractivity contribution in [1.82, 2.24) is 10.2 Å². The first-order chi connectivity index (χ1) is 33.3. The van der Waals surface area contributed by atoms with Gasteiger partial charge in [-0.3, -0.25) is 9.69 Å².